The number of carbonyl (C=O) groups excluding carboxylic acids is 1. The smallest absolute Gasteiger partial charge is 0.223 e. The Kier molecular flexibility index (Phi) is 4.90. The molecule has 14 heavy (non-hydrogen) atoms. The zero-order chi connectivity index (χ0) is 10.4. The molecule has 0 heterocycles. The highest BCUT2D eigenvalue weighted by molar-refractivity contribution is 5.80. The SMILES string of the molecule is CN(C)CCNCCNC(=O)C1CC1. The van der Waals surface area contributed by atoms with Crippen molar-refractivity contribution in [1.82, 2.24) is 15.5 Å². The third-order valence-electron chi connectivity index (χ3n) is 2.28. The molecule has 1 rings (SSSR count). The Labute approximate surface area is 86.0 Å². The Morgan fingerprint density at radius 3 is 2.57 bits per heavy atom. The van der Waals surface area contributed by atoms with Gasteiger partial charge in [-0.2, -0.15) is 0 Å². The molecule has 0 bridgehead atoms. The highest BCUT2D eigenvalue weighted by atomic mass is 16.2. The van der Waals surface area contributed by atoms with Crippen LogP contribution >= 0.6 is 0 Å². The average molecular weight is 199 g/mol. The second-order valence-electron chi connectivity index (χ2n) is 4.12. The maximum Gasteiger partial charge on any atom is 0.223 e. The van der Waals surface area contributed by atoms with E-state index in [4.69, 9.17) is 0 Å². The fourth-order valence-corrected chi connectivity index (χ4v) is 1.19. The molecule has 1 amide bonds. The van der Waals surface area contributed by atoms with E-state index in [1.807, 2.05) is 0 Å². The van der Waals surface area contributed by atoms with Gasteiger partial charge in [-0.15, -0.1) is 0 Å². The number of hydrogen-bond donors (Lipinski definition) is 2. The predicted molar refractivity (Wildman–Crippen MR) is 57.2 cm³/mol. The van der Waals surface area contributed by atoms with Crippen LogP contribution in [0.2, 0.25) is 0 Å². The van der Waals surface area contributed by atoms with Crippen LogP contribution in [0.3, 0.4) is 0 Å². The first-order chi connectivity index (χ1) is 6.70. The number of amides is 1. The minimum absolute atomic E-state index is 0.236. The van der Waals surface area contributed by atoms with Crippen LogP contribution in [0.4, 0.5) is 0 Å². The van der Waals surface area contributed by atoms with Gasteiger partial charge in [-0.25, -0.2) is 0 Å². The lowest BCUT2D eigenvalue weighted by atomic mass is 10.4. The standard InChI is InChI=1S/C10H21N3O/c1-13(2)8-7-11-5-6-12-10(14)9-3-4-9/h9,11H,3-8H2,1-2H3,(H,12,14). The lowest BCUT2D eigenvalue weighted by Crippen LogP contribution is -2.35. The summed E-state index contributed by atoms with van der Waals surface area (Å²) in [5.41, 5.74) is 0. The normalized spacial score (nSPS) is 15.9. The van der Waals surface area contributed by atoms with Crippen LogP contribution < -0.4 is 10.6 Å². The zero-order valence-electron chi connectivity index (χ0n) is 9.18. The molecule has 4 heteroatoms. The van der Waals surface area contributed by atoms with Crippen molar-refractivity contribution in [2.24, 2.45) is 5.92 Å². The van der Waals surface area contributed by atoms with Crippen molar-refractivity contribution < 1.29 is 4.79 Å². The van der Waals surface area contributed by atoms with Crippen LogP contribution in [0.15, 0.2) is 0 Å². The maximum absolute atomic E-state index is 11.2. The minimum Gasteiger partial charge on any atom is -0.355 e. The first-order valence-electron chi connectivity index (χ1n) is 5.33. The molecule has 0 saturated heterocycles. The van der Waals surface area contributed by atoms with Crippen molar-refractivity contribution in [1.29, 1.82) is 0 Å². The summed E-state index contributed by atoms with van der Waals surface area (Å²) < 4.78 is 0. The van der Waals surface area contributed by atoms with Gasteiger partial charge >= 0.3 is 0 Å². The van der Waals surface area contributed by atoms with E-state index in [1.54, 1.807) is 0 Å². The van der Waals surface area contributed by atoms with Crippen LogP contribution in [0.1, 0.15) is 12.8 Å². The molecule has 0 aliphatic heterocycles. The summed E-state index contributed by atoms with van der Waals surface area (Å²) in [6.07, 6.45) is 2.17. The van der Waals surface area contributed by atoms with E-state index in [9.17, 15) is 4.79 Å². The van der Waals surface area contributed by atoms with Crippen LogP contribution in [0.5, 0.6) is 0 Å². The summed E-state index contributed by atoms with van der Waals surface area (Å²) >= 11 is 0. The molecule has 1 fully saturated rings. The van der Waals surface area contributed by atoms with Gasteiger partial charge in [0.2, 0.25) is 5.91 Å². The molecule has 4 nitrogen and oxygen atoms in total. The minimum atomic E-state index is 0.236. The molecule has 0 aromatic heterocycles. The summed E-state index contributed by atoms with van der Waals surface area (Å²) in [7, 11) is 4.10. The molecule has 0 aromatic rings. The molecule has 1 aliphatic carbocycles. The monoisotopic (exact) mass is 199 g/mol. The number of likely N-dealkylation sites (N-methyl/N-ethyl adjacent to an activating group) is 1. The summed E-state index contributed by atoms with van der Waals surface area (Å²) in [6.45, 7) is 3.64. The van der Waals surface area contributed by atoms with Crippen LogP contribution in [-0.2, 0) is 4.79 Å². The van der Waals surface area contributed by atoms with Gasteiger partial charge in [-0.05, 0) is 26.9 Å². The molecule has 0 unspecified atom stereocenters. The number of carbonyl (C=O) groups is 1. The molecule has 0 atom stereocenters. The highest BCUT2D eigenvalue weighted by Gasteiger charge is 2.28. The number of hydrogen-bond acceptors (Lipinski definition) is 3. The average Bonchev–Trinajstić information content (AvgIpc) is 2.92. The molecule has 2 N–H and O–H groups in total. The topological polar surface area (TPSA) is 44.4 Å². The van der Waals surface area contributed by atoms with Gasteiger partial charge in [0.15, 0.2) is 0 Å². The maximum atomic E-state index is 11.2. The molecule has 0 aromatic carbocycles. The summed E-state index contributed by atoms with van der Waals surface area (Å²) in [4.78, 5) is 13.3. The van der Waals surface area contributed by atoms with E-state index < -0.39 is 0 Å². The van der Waals surface area contributed by atoms with Gasteiger partial charge in [0.25, 0.3) is 0 Å². The Morgan fingerprint density at radius 1 is 1.29 bits per heavy atom. The largest absolute Gasteiger partial charge is 0.355 e. The highest BCUT2D eigenvalue weighted by Crippen LogP contribution is 2.28. The molecular weight excluding hydrogens is 178 g/mol. The number of nitrogens with one attached hydrogen (secondary N) is 2. The van der Waals surface area contributed by atoms with Gasteiger partial charge in [0, 0.05) is 32.1 Å². The van der Waals surface area contributed by atoms with Crippen molar-refractivity contribution in [2.45, 2.75) is 12.8 Å². The number of rotatable bonds is 7. The van der Waals surface area contributed by atoms with Crippen molar-refractivity contribution in [3.63, 3.8) is 0 Å². The summed E-state index contributed by atoms with van der Waals surface area (Å²) in [6, 6.07) is 0. The van der Waals surface area contributed by atoms with E-state index in [0.29, 0.717) is 5.92 Å². The van der Waals surface area contributed by atoms with Crippen molar-refractivity contribution in [3.05, 3.63) is 0 Å². The molecule has 0 spiro atoms. The molecule has 82 valence electrons. The fourth-order valence-electron chi connectivity index (χ4n) is 1.19. The molecule has 0 radical (unpaired) electrons. The molecular formula is C10H21N3O. The van der Waals surface area contributed by atoms with Crippen LogP contribution in [-0.4, -0.2) is 51.1 Å². The quantitative estimate of drug-likeness (QED) is 0.552. The predicted octanol–water partition coefficient (Wildman–Crippen LogP) is -0.336. The summed E-state index contributed by atoms with van der Waals surface area (Å²) in [5, 5.41) is 6.19. The van der Waals surface area contributed by atoms with Crippen molar-refractivity contribution in [2.75, 3.05) is 40.3 Å². The van der Waals surface area contributed by atoms with Crippen molar-refractivity contribution in [3.8, 4) is 0 Å². The van der Waals surface area contributed by atoms with E-state index >= 15 is 0 Å². The Bertz CT molecular complexity index is 178. The second-order valence-corrected chi connectivity index (χ2v) is 4.12. The third kappa shape index (κ3) is 5.19. The zero-order valence-corrected chi connectivity index (χ0v) is 9.18. The van der Waals surface area contributed by atoms with Gasteiger partial charge in [-0.1, -0.05) is 0 Å². The van der Waals surface area contributed by atoms with Crippen molar-refractivity contribution >= 4 is 5.91 Å². The van der Waals surface area contributed by atoms with E-state index in [-0.39, 0.29) is 5.91 Å². The molecule has 1 aliphatic rings. The fraction of sp³-hybridized carbons (Fsp3) is 0.900. The Morgan fingerprint density at radius 2 is 2.00 bits per heavy atom. The Hall–Kier alpha value is -0.610. The lowest BCUT2D eigenvalue weighted by molar-refractivity contribution is -0.122. The van der Waals surface area contributed by atoms with E-state index in [2.05, 4.69) is 29.6 Å². The van der Waals surface area contributed by atoms with E-state index in [0.717, 1.165) is 39.0 Å². The third-order valence-corrected chi connectivity index (χ3v) is 2.28. The number of nitrogens with zero attached hydrogens (tertiary/aromatic N) is 1. The van der Waals surface area contributed by atoms with Gasteiger partial charge in [0.05, 0.1) is 0 Å². The second kappa shape index (κ2) is 5.98. The van der Waals surface area contributed by atoms with E-state index in [1.165, 1.54) is 0 Å². The van der Waals surface area contributed by atoms with Gasteiger partial charge < -0.3 is 15.5 Å². The first-order valence-corrected chi connectivity index (χ1v) is 5.33. The lowest BCUT2D eigenvalue weighted by Gasteiger charge is -2.10. The van der Waals surface area contributed by atoms with Gasteiger partial charge in [0.1, 0.15) is 0 Å². The first kappa shape index (κ1) is 11.5. The Balaban J connectivity index is 1.81. The van der Waals surface area contributed by atoms with Crippen LogP contribution in [0.25, 0.3) is 0 Å². The molecule has 1 saturated carbocycles. The van der Waals surface area contributed by atoms with Gasteiger partial charge in [-0.3, -0.25) is 4.79 Å². The van der Waals surface area contributed by atoms with Crippen LogP contribution in [0, 0.1) is 5.92 Å². The summed E-state index contributed by atoms with van der Waals surface area (Å²) in [5.74, 6) is 0.566.